The highest BCUT2D eigenvalue weighted by Crippen LogP contribution is 2.43. The van der Waals surface area contributed by atoms with Crippen molar-refractivity contribution in [2.45, 2.75) is 50.4 Å². The topological polar surface area (TPSA) is 61.9 Å². The number of aromatic nitrogens is 4. The van der Waals surface area contributed by atoms with Crippen LogP contribution in [0.15, 0.2) is 41.3 Å². The first-order valence-corrected chi connectivity index (χ1v) is 10.4. The predicted molar refractivity (Wildman–Crippen MR) is 111 cm³/mol. The zero-order valence-corrected chi connectivity index (χ0v) is 17.3. The molecule has 0 N–H and O–H groups in total. The van der Waals surface area contributed by atoms with Gasteiger partial charge in [0.2, 0.25) is 0 Å². The van der Waals surface area contributed by atoms with Crippen molar-refractivity contribution in [1.82, 2.24) is 19.6 Å². The predicted octanol–water partition coefficient (Wildman–Crippen LogP) is 2.65. The SMILES string of the molecule is Cn1c(=O)cc(OCc2cn(C3C[C@H]4CC[C@@H](C3)[N+]4(C)C)nn2)c2ccccc21. The van der Waals surface area contributed by atoms with Gasteiger partial charge in [-0.15, -0.1) is 5.10 Å². The third kappa shape index (κ3) is 3.04. The van der Waals surface area contributed by atoms with Crippen LogP contribution in [0.2, 0.25) is 0 Å². The lowest BCUT2D eigenvalue weighted by atomic mass is 9.96. The van der Waals surface area contributed by atoms with Crippen molar-refractivity contribution in [2.75, 3.05) is 14.1 Å². The molecule has 0 spiro atoms. The maximum Gasteiger partial charge on any atom is 0.254 e. The van der Waals surface area contributed by atoms with E-state index in [4.69, 9.17) is 4.74 Å². The van der Waals surface area contributed by atoms with Crippen LogP contribution in [0.5, 0.6) is 5.75 Å². The third-order valence-corrected chi connectivity index (χ3v) is 7.23. The minimum Gasteiger partial charge on any atom is -0.486 e. The van der Waals surface area contributed by atoms with E-state index in [0.29, 0.717) is 18.4 Å². The van der Waals surface area contributed by atoms with Crippen molar-refractivity contribution in [1.29, 1.82) is 0 Å². The molecule has 0 aliphatic carbocycles. The number of aryl methyl sites for hydroxylation is 1. The van der Waals surface area contributed by atoms with Crippen LogP contribution >= 0.6 is 0 Å². The van der Waals surface area contributed by atoms with E-state index in [9.17, 15) is 4.79 Å². The maximum absolute atomic E-state index is 12.2. The molecule has 2 saturated heterocycles. The number of ether oxygens (including phenoxy) is 1. The molecule has 29 heavy (non-hydrogen) atoms. The van der Waals surface area contributed by atoms with Gasteiger partial charge in [-0.25, -0.2) is 4.68 Å². The summed E-state index contributed by atoms with van der Waals surface area (Å²) in [6, 6.07) is 11.2. The van der Waals surface area contributed by atoms with E-state index in [2.05, 4.69) is 24.4 Å². The Morgan fingerprint density at radius 1 is 1.17 bits per heavy atom. The van der Waals surface area contributed by atoms with Gasteiger partial charge in [-0.2, -0.15) is 0 Å². The van der Waals surface area contributed by atoms with E-state index in [1.807, 2.05) is 35.1 Å². The van der Waals surface area contributed by atoms with E-state index in [0.717, 1.165) is 46.0 Å². The maximum atomic E-state index is 12.2. The van der Waals surface area contributed by atoms with Gasteiger partial charge >= 0.3 is 0 Å². The monoisotopic (exact) mass is 394 g/mol. The summed E-state index contributed by atoms with van der Waals surface area (Å²) in [5.41, 5.74) is 1.57. The summed E-state index contributed by atoms with van der Waals surface area (Å²) < 4.78 is 10.8. The van der Waals surface area contributed by atoms with E-state index in [1.54, 1.807) is 17.7 Å². The van der Waals surface area contributed by atoms with E-state index >= 15 is 0 Å². The average molecular weight is 394 g/mol. The van der Waals surface area contributed by atoms with E-state index in [1.165, 1.54) is 12.8 Å². The van der Waals surface area contributed by atoms with Gasteiger partial charge in [-0.1, -0.05) is 17.3 Å². The Balaban J connectivity index is 1.33. The molecular formula is C22H28N5O2+. The molecule has 7 nitrogen and oxygen atoms in total. The molecule has 2 aliphatic rings. The first-order valence-electron chi connectivity index (χ1n) is 10.4. The fraction of sp³-hybridized carbons (Fsp3) is 0.500. The minimum absolute atomic E-state index is 0.0826. The highest BCUT2D eigenvalue weighted by atomic mass is 16.5. The molecule has 2 bridgehead atoms. The Morgan fingerprint density at radius 2 is 1.90 bits per heavy atom. The lowest BCUT2D eigenvalue weighted by Gasteiger charge is -2.44. The number of benzene rings is 1. The van der Waals surface area contributed by atoms with Crippen molar-refractivity contribution in [3.63, 3.8) is 0 Å². The fourth-order valence-corrected chi connectivity index (χ4v) is 5.28. The quantitative estimate of drug-likeness (QED) is 0.639. The second-order valence-electron chi connectivity index (χ2n) is 9.04. The molecule has 0 radical (unpaired) electrons. The molecule has 0 amide bonds. The second kappa shape index (κ2) is 6.69. The number of nitrogens with zero attached hydrogens (tertiary/aromatic N) is 5. The number of hydrogen-bond acceptors (Lipinski definition) is 4. The molecule has 3 aromatic rings. The number of quaternary nitrogens is 1. The van der Waals surface area contributed by atoms with E-state index in [-0.39, 0.29) is 5.56 Å². The molecule has 2 fully saturated rings. The molecule has 5 rings (SSSR count). The molecule has 0 saturated carbocycles. The molecule has 4 heterocycles. The van der Waals surface area contributed by atoms with Gasteiger partial charge in [0.25, 0.3) is 5.56 Å². The standard InChI is InChI=1S/C22H28N5O2/c1-25-20-7-5-4-6-19(20)21(12-22(25)28)29-14-15-13-26(24-23-15)16-10-17-8-9-18(11-16)27(17,2)3/h4-7,12-13,16-18H,8-11,14H2,1-3H3/q+1/t16?,17-,18+. The Hall–Kier alpha value is -2.67. The summed E-state index contributed by atoms with van der Waals surface area (Å²) in [6.07, 6.45) is 6.96. The largest absolute Gasteiger partial charge is 0.486 e. The summed E-state index contributed by atoms with van der Waals surface area (Å²) in [4.78, 5) is 12.2. The summed E-state index contributed by atoms with van der Waals surface area (Å²) >= 11 is 0. The van der Waals surface area contributed by atoms with Gasteiger partial charge in [-0.05, 0) is 12.1 Å². The normalized spacial score (nSPS) is 25.4. The zero-order valence-electron chi connectivity index (χ0n) is 17.3. The van der Waals surface area contributed by atoms with Gasteiger partial charge in [-0.3, -0.25) is 4.79 Å². The fourth-order valence-electron chi connectivity index (χ4n) is 5.28. The van der Waals surface area contributed by atoms with Gasteiger partial charge in [0, 0.05) is 44.2 Å². The summed E-state index contributed by atoms with van der Waals surface area (Å²) in [5.74, 6) is 0.591. The van der Waals surface area contributed by atoms with Crippen LogP contribution in [0.25, 0.3) is 10.9 Å². The number of piperidine rings is 1. The van der Waals surface area contributed by atoms with Crippen LogP contribution in [0.1, 0.15) is 37.4 Å². The highest BCUT2D eigenvalue weighted by molar-refractivity contribution is 5.85. The number of hydrogen-bond donors (Lipinski definition) is 0. The number of pyridine rings is 1. The average Bonchev–Trinajstić information content (AvgIpc) is 3.19. The van der Waals surface area contributed by atoms with Crippen LogP contribution in [0.4, 0.5) is 0 Å². The molecule has 2 aromatic heterocycles. The van der Waals surface area contributed by atoms with Crippen molar-refractivity contribution in [3.8, 4) is 5.75 Å². The Bertz CT molecular complexity index is 1100. The summed E-state index contributed by atoms with van der Waals surface area (Å²) in [7, 11) is 6.51. The van der Waals surface area contributed by atoms with Crippen LogP contribution in [-0.4, -0.2) is 50.2 Å². The molecule has 152 valence electrons. The molecule has 1 unspecified atom stereocenters. The zero-order chi connectivity index (χ0) is 20.2. The summed E-state index contributed by atoms with van der Waals surface area (Å²) in [6.45, 7) is 0.304. The smallest absolute Gasteiger partial charge is 0.254 e. The van der Waals surface area contributed by atoms with Crippen molar-refractivity contribution < 1.29 is 9.22 Å². The van der Waals surface area contributed by atoms with Gasteiger partial charge in [0.15, 0.2) is 0 Å². The first-order chi connectivity index (χ1) is 13.9. The molecule has 7 heteroatoms. The van der Waals surface area contributed by atoms with Crippen molar-refractivity contribution in [3.05, 3.63) is 52.6 Å². The lowest BCUT2D eigenvalue weighted by molar-refractivity contribution is -0.931. The Morgan fingerprint density at radius 3 is 2.66 bits per heavy atom. The lowest BCUT2D eigenvalue weighted by Crippen LogP contribution is -2.54. The van der Waals surface area contributed by atoms with Gasteiger partial charge < -0.3 is 13.8 Å². The van der Waals surface area contributed by atoms with E-state index < -0.39 is 0 Å². The first kappa shape index (κ1) is 18.4. The minimum atomic E-state index is -0.0826. The van der Waals surface area contributed by atoms with Crippen LogP contribution < -0.4 is 10.3 Å². The highest BCUT2D eigenvalue weighted by Gasteiger charge is 2.49. The number of fused-ring (bicyclic) bond motifs is 3. The molecule has 1 aromatic carbocycles. The number of para-hydroxylation sites is 1. The van der Waals surface area contributed by atoms with Crippen molar-refractivity contribution >= 4 is 10.9 Å². The molecule has 2 aliphatic heterocycles. The Kier molecular flexibility index (Phi) is 4.24. The third-order valence-electron chi connectivity index (χ3n) is 7.23. The van der Waals surface area contributed by atoms with Crippen molar-refractivity contribution in [2.24, 2.45) is 7.05 Å². The van der Waals surface area contributed by atoms with Crippen LogP contribution in [0, 0.1) is 0 Å². The second-order valence-corrected chi connectivity index (χ2v) is 9.04. The van der Waals surface area contributed by atoms with Crippen LogP contribution in [-0.2, 0) is 13.7 Å². The van der Waals surface area contributed by atoms with Crippen LogP contribution in [0.3, 0.4) is 0 Å². The summed E-state index contributed by atoms with van der Waals surface area (Å²) in [5, 5.41) is 9.66. The van der Waals surface area contributed by atoms with Gasteiger partial charge in [0.1, 0.15) is 18.1 Å². The molecule has 3 atom stereocenters. The number of rotatable bonds is 4. The Labute approximate surface area is 170 Å². The molecular weight excluding hydrogens is 366 g/mol. The van der Waals surface area contributed by atoms with Gasteiger partial charge in [0.05, 0.1) is 43.9 Å².